The van der Waals surface area contributed by atoms with Gasteiger partial charge >= 0.3 is 0 Å². The lowest BCUT2D eigenvalue weighted by Crippen LogP contribution is -2.15. The van der Waals surface area contributed by atoms with Gasteiger partial charge in [-0.05, 0) is 32.2 Å². The minimum Gasteiger partial charge on any atom is -0.477 e. The van der Waals surface area contributed by atoms with Crippen LogP contribution in [0.4, 0.5) is 0 Å². The number of rotatable bonds is 6. The number of ether oxygens (including phenoxy) is 1. The smallest absolute Gasteiger partial charge is 0.218 e. The highest BCUT2D eigenvalue weighted by Crippen LogP contribution is 2.21. The minimum absolute atomic E-state index is 0.221. The summed E-state index contributed by atoms with van der Waals surface area (Å²) >= 11 is 0. The third-order valence-corrected chi connectivity index (χ3v) is 3.02. The third-order valence-electron chi connectivity index (χ3n) is 3.02. The van der Waals surface area contributed by atoms with Crippen LogP contribution >= 0.6 is 0 Å². The fourth-order valence-corrected chi connectivity index (χ4v) is 1.81. The van der Waals surface area contributed by atoms with Gasteiger partial charge in [0.2, 0.25) is 5.88 Å². The van der Waals surface area contributed by atoms with Gasteiger partial charge in [0.05, 0.1) is 6.61 Å². The summed E-state index contributed by atoms with van der Waals surface area (Å²) in [5, 5.41) is 3.20. The molecule has 19 heavy (non-hydrogen) atoms. The molecule has 0 fully saturated rings. The van der Waals surface area contributed by atoms with Crippen LogP contribution in [-0.4, -0.2) is 23.6 Å². The highest BCUT2D eigenvalue weighted by Gasteiger charge is 2.10. The largest absolute Gasteiger partial charge is 0.477 e. The van der Waals surface area contributed by atoms with E-state index in [9.17, 15) is 0 Å². The molecule has 1 unspecified atom stereocenters. The van der Waals surface area contributed by atoms with Crippen LogP contribution in [0.1, 0.15) is 24.2 Å². The molecule has 1 atom stereocenters. The van der Waals surface area contributed by atoms with Gasteiger partial charge in [-0.3, -0.25) is 4.98 Å². The van der Waals surface area contributed by atoms with Gasteiger partial charge in [-0.2, -0.15) is 0 Å². The van der Waals surface area contributed by atoms with Crippen molar-refractivity contribution in [2.75, 3.05) is 13.7 Å². The number of nitrogens with one attached hydrogen (secondary N) is 1. The van der Waals surface area contributed by atoms with E-state index >= 15 is 0 Å². The van der Waals surface area contributed by atoms with Crippen molar-refractivity contribution < 1.29 is 4.74 Å². The maximum atomic E-state index is 5.77. The first-order chi connectivity index (χ1) is 9.31. The summed E-state index contributed by atoms with van der Waals surface area (Å²) in [6.07, 6.45) is 4.33. The van der Waals surface area contributed by atoms with Crippen LogP contribution in [0.25, 0.3) is 0 Å². The van der Waals surface area contributed by atoms with Crippen LogP contribution < -0.4 is 10.1 Å². The lowest BCUT2D eigenvalue weighted by molar-refractivity contribution is 0.302. The van der Waals surface area contributed by atoms with E-state index in [4.69, 9.17) is 4.74 Å². The van der Waals surface area contributed by atoms with E-state index in [0.717, 1.165) is 17.7 Å². The van der Waals surface area contributed by atoms with Crippen molar-refractivity contribution in [2.45, 2.75) is 19.4 Å². The molecular formula is C15H19N3O. The second kappa shape index (κ2) is 6.85. The second-order valence-corrected chi connectivity index (χ2v) is 4.33. The van der Waals surface area contributed by atoms with Crippen molar-refractivity contribution >= 4 is 0 Å². The van der Waals surface area contributed by atoms with Crippen molar-refractivity contribution in [3.8, 4) is 5.88 Å². The van der Waals surface area contributed by atoms with Gasteiger partial charge in [-0.15, -0.1) is 0 Å². The standard InChI is InChI=1S/C15H19N3O/c1-12(16-2)14-7-5-10-18-15(14)19-11-8-13-6-3-4-9-17-13/h3-7,9-10,12,16H,8,11H2,1-2H3. The molecule has 2 aromatic heterocycles. The van der Waals surface area contributed by atoms with Crippen LogP contribution in [0.3, 0.4) is 0 Å². The maximum absolute atomic E-state index is 5.77. The molecule has 0 saturated heterocycles. The highest BCUT2D eigenvalue weighted by atomic mass is 16.5. The molecule has 4 heteroatoms. The summed E-state index contributed by atoms with van der Waals surface area (Å²) in [4.78, 5) is 8.57. The van der Waals surface area contributed by atoms with Crippen LogP contribution in [-0.2, 0) is 6.42 Å². The summed E-state index contributed by atoms with van der Waals surface area (Å²) in [6, 6.07) is 10.1. The Bertz CT molecular complexity index is 502. The number of nitrogens with zero attached hydrogens (tertiary/aromatic N) is 2. The summed E-state index contributed by atoms with van der Waals surface area (Å²) < 4.78 is 5.77. The van der Waals surface area contributed by atoms with Crippen molar-refractivity contribution in [1.82, 2.24) is 15.3 Å². The van der Waals surface area contributed by atoms with Crippen LogP contribution in [0.5, 0.6) is 5.88 Å². The first-order valence-electron chi connectivity index (χ1n) is 6.46. The predicted molar refractivity (Wildman–Crippen MR) is 75.1 cm³/mol. The molecule has 0 radical (unpaired) electrons. The molecule has 0 aliphatic rings. The topological polar surface area (TPSA) is 47.0 Å². The Balaban J connectivity index is 1.96. The van der Waals surface area contributed by atoms with Crippen LogP contribution in [0.15, 0.2) is 42.7 Å². The van der Waals surface area contributed by atoms with E-state index in [1.807, 2.05) is 37.4 Å². The molecule has 0 saturated carbocycles. The normalized spacial score (nSPS) is 12.1. The van der Waals surface area contributed by atoms with Gasteiger partial charge in [0.15, 0.2) is 0 Å². The van der Waals surface area contributed by atoms with Gasteiger partial charge in [0, 0.05) is 36.1 Å². The predicted octanol–water partition coefficient (Wildman–Crippen LogP) is 2.38. The van der Waals surface area contributed by atoms with Crippen molar-refractivity contribution in [1.29, 1.82) is 0 Å². The molecule has 2 aromatic rings. The lowest BCUT2D eigenvalue weighted by atomic mass is 10.1. The van der Waals surface area contributed by atoms with Crippen LogP contribution in [0.2, 0.25) is 0 Å². The minimum atomic E-state index is 0.221. The van der Waals surface area contributed by atoms with Gasteiger partial charge in [-0.1, -0.05) is 12.1 Å². The molecule has 4 nitrogen and oxygen atoms in total. The number of hydrogen-bond donors (Lipinski definition) is 1. The fraction of sp³-hybridized carbons (Fsp3) is 0.333. The zero-order chi connectivity index (χ0) is 13.5. The van der Waals surface area contributed by atoms with E-state index in [1.54, 1.807) is 12.4 Å². The Morgan fingerprint density at radius 3 is 2.74 bits per heavy atom. The summed E-state index contributed by atoms with van der Waals surface area (Å²) in [5.41, 5.74) is 2.10. The quantitative estimate of drug-likeness (QED) is 0.863. The van der Waals surface area contributed by atoms with E-state index in [0.29, 0.717) is 12.5 Å². The maximum Gasteiger partial charge on any atom is 0.218 e. The van der Waals surface area contributed by atoms with Gasteiger partial charge < -0.3 is 10.1 Å². The fourth-order valence-electron chi connectivity index (χ4n) is 1.81. The molecular weight excluding hydrogens is 238 g/mol. The summed E-state index contributed by atoms with van der Waals surface area (Å²) in [7, 11) is 1.93. The Morgan fingerprint density at radius 2 is 2.00 bits per heavy atom. The molecule has 0 aromatic carbocycles. The van der Waals surface area contributed by atoms with E-state index in [1.165, 1.54) is 0 Å². The molecule has 0 amide bonds. The van der Waals surface area contributed by atoms with E-state index in [2.05, 4.69) is 22.2 Å². The molecule has 0 spiro atoms. The lowest BCUT2D eigenvalue weighted by Gasteiger charge is -2.15. The monoisotopic (exact) mass is 257 g/mol. The first-order valence-corrected chi connectivity index (χ1v) is 6.46. The van der Waals surface area contributed by atoms with E-state index in [-0.39, 0.29) is 6.04 Å². The molecule has 1 N–H and O–H groups in total. The van der Waals surface area contributed by atoms with Crippen molar-refractivity contribution in [3.63, 3.8) is 0 Å². The second-order valence-electron chi connectivity index (χ2n) is 4.33. The molecule has 0 aliphatic carbocycles. The molecule has 0 aliphatic heterocycles. The van der Waals surface area contributed by atoms with Gasteiger partial charge in [0.25, 0.3) is 0 Å². The third kappa shape index (κ3) is 3.76. The van der Waals surface area contributed by atoms with Crippen LogP contribution in [0, 0.1) is 0 Å². The molecule has 2 rings (SSSR count). The number of pyridine rings is 2. The Kier molecular flexibility index (Phi) is 4.86. The number of aromatic nitrogens is 2. The highest BCUT2D eigenvalue weighted by molar-refractivity contribution is 5.28. The molecule has 100 valence electrons. The molecule has 0 bridgehead atoms. The summed E-state index contributed by atoms with van der Waals surface area (Å²) in [5.74, 6) is 0.695. The van der Waals surface area contributed by atoms with Crippen molar-refractivity contribution in [2.24, 2.45) is 0 Å². The SMILES string of the molecule is CNC(C)c1cccnc1OCCc1ccccn1. The Morgan fingerprint density at radius 1 is 1.16 bits per heavy atom. The number of hydrogen-bond acceptors (Lipinski definition) is 4. The zero-order valence-electron chi connectivity index (χ0n) is 11.3. The Hall–Kier alpha value is -1.94. The molecule has 2 heterocycles. The first kappa shape index (κ1) is 13.5. The average molecular weight is 257 g/mol. The van der Waals surface area contributed by atoms with Crippen molar-refractivity contribution in [3.05, 3.63) is 54.0 Å². The zero-order valence-corrected chi connectivity index (χ0v) is 11.3. The average Bonchev–Trinajstić information content (AvgIpc) is 2.48. The van der Waals surface area contributed by atoms with Gasteiger partial charge in [0.1, 0.15) is 0 Å². The Labute approximate surface area is 113 Å². The summed E-state index contributed by atoms with van der Waals surface area (Å²) in [6.45, 7) is 2.67. The van der Waals surface area contributed by atoms with E-state index < -0.39 is 0 Å². The van der Waals surface area contributed by atoms with Gasteiger partial charge in [-0.25, -0.2) is 4.98 Å².